The number of benzene rings is 2. The van der Waals surface area contributed by atoms with Crippen molar-refractivity contribution in [2.24, 2.45) is 22.7 Å². The molecule has 360 valence electrons. The van der Waals surface area contributed by atoms with E-state index in [1.807, 2.05) is 6.92 Å². The molecule has 4 N–H and O–H groups in total. The molecule has 1 amide bonds. The summed E-state index contributed by atoms with van der Waals surface area (Å²) >= 11 is 0. The molecule has 0 saturated heterocycles. The third-order valence-corrected chi connectivity index (χ3v) is 14.6. The number of hydrogen-bond donors (Lipinski definition) is 4. The molecule has 2 bridgehead atoms. The molecule has 4 aliphatic carbocycles. The molecule has 4 aliphatic rings. The fourth-order valence-electron chi connectivity index (χ4n) is 11.1. The van der Waals surface area contributed by atoms with Gasteiger partial charge < -0.3 is 44.3 Å². The maximum atomic E-state index is 15.2. The normalized spacial score (nSPS) is 30.9. The summed E-state index contributed by atoms with van der Waals surface area (Å²) in [6.45, 7) is 14.4. The minimum absolute atomic E-state index is 0.0246. The summed E-state index contributed by atoms with van der Waals surface area (Å²) in [6, 6.07) is 15.0. The number of carbonyl (C=O) groups is 6. The molecular weight excluding hydrogens is 851 g/mol. The van der Waals surface area contributed by atoms with Crippen LogP contribution in [0.25, 0.3) is 0 Å². The van der Waals surface area contributed by atoms with Gasteiger partial charge in [0.05, 0.1) is 23.0 Å². The molecule has 3 saturated carbocycles. The first kappa shape index (κ1) is 50.3. The lowest BCUT2D eigenvalue weighted by Crippen LogP contribution is -2.78. The Morgan fingerprint density at radius 3 is 2.12 bits per heavy atom. The summed E-state index contributed by atoms with van der Waals surface area (Å²) in [7, 11) is 0. The number of alkyl carbamates (subject to hydrolysis) is 1. The summed E-state index contributed by atoms with van der Waals surface area (Å²) in [5.41, 5.74) is -7.81. The van der Waals surface area contributed by atoms with Crippen LogP contribution < -0.4 is 5.32 Å². The van der Waals surface area contributed by atoms with Crippen molar-refractivity contribution in [3.05, 3.63) is 82.9 Å². The van der Waals surface area contributed by atoms with E-state index in [1.165, 1.54) is 26.0 Å². The van der Waals surface area contributed by atoms with Gasteiger partial charge in [-0.05, 0) is 89.1 Å². The maximum absolute atomic E-state index is 15.2. The Hall–Kier alpha value is -5.12. The number of Topliss-reactive ketones (excluding diaryl/α,β-unsaturated/α-hetero) is 1. The van der Waals surface area contributed by atoms with Crippen molar-refractivity contribution in [1.29, 1.82) is 0 Å². The molecule has 11 atom stereocenters. The predicted molar refractivity (Wildman–Crippen MR) is 239 cm³/mol. The van der Waals surface area contributed by atoms with Crippen LogP contribution in [0.1, 0.15) is 142 Å². The highest BCUT2D eigenvalue weighted by molar-refractivity contribution is 5.94. The molecule has 0 radical (unpaired) electrons. The Morgan fingerprint density at radius 2 is 1.55 bits per heavy atom. The number of hydrogen-bond acceptors (Lipinski definition) is 14. The molecule has 15 heteroatoms. The summed E-state index contributed by atoms with van der Waals surface area (Å²) in [5.74, 6) is -6.26. The van der Waals surface area contributed by atoms with Crippen molar-refractivity contribution in [3.8, 4) is 0 Å². The topological polar surface area (TPSA) is 221 Å². The number of rotatable bonds is 14. The molecule has 1 unspecified atom stereocenters. The number of nitrogens with one attached hydrogen (secondary N) is 1. The van der Waals surface area contributed by atoms with Crippen LogP contribution in [-0.4, -0.2) is 98.4 Å². The van der Waals surface area contributed by atoms with Gasteiger partial charge in [0.25, 0.3) is 0 Å². The highest BCUT2D eigenvalue weighted by Gasteiger charge is 2.77. The van der Waals surface area contributed by atoms with Gasteiger partial charge in [0.2, 0.25) is 6.10 Å². The molecule has 2 aromatic rings. The van der Waals surface area contributed by atoms with Crippen LogP contribution in [0.2, 0.25) is 0 Å². The molecule has 15 nitrogen and oxygen atoms in total. The van der Waals surface area contributed by atoms with Gasteiger partial charge >= 0.3 is 30.0 Å². The number of unbranched alkanes of at least 4 members (excludes halogenated alkanes) is 3. The van der Waals surface area contributed by atoms with Crippen molar-refractivity contribution in [1.82, 2.24) is 5.32 Å². The zero-order valence-corrected chi connectivity index (χ0v) is 39.6. The van der Waals surface area contributed by atoms with E-state index in [9.17, 15) is 39.3 Å². The SMILES string of the molecule is CCCCCCC(=O)O[C@@H](C(=O)O[C@H]1C[C@@]2(O)[C@@H](OC(=O)c3ccccc3)C3[C@](C)(C(=O)[C@H](O)C(=C1C)C2(C)C)[C@@H](O)C[C@H]1CC[C@@]31OC(C)=O)[C@@H](NC(=O)OC(C)(C)C)c1ccccc1. The molecule has 66 heavy (non-hydrogen) atoms. The standard InChI is InChI=1S/C51H67NO14/c1-10-11-12-19-24-36(55)63-40(38(31-20-15-13-16-21-31)52-46(60)66-47(4,5)6)45(59)62-34-28-51(61)43(64-44(58)32-22-17-14-18-23-32)41-49(9,42(57)39(56)37(29(34)2)48(51,7)8)35(54)27-33-25-26-50(33,41)65-30(3)53/h13-18,20-23,33-35,38-41,43,54,56,61H,10-12,19,24-28H2,1-9H3,(H,52,60)/t33-,34+,35+,38+,39-,40-,41?,43+,49-,50+,51-/m1/s1. The van der Waals surface area contributed by atoms with E-state index in [0.29, 0.717) is 18.4 Å². The second-order valence-electron chi connectivity index (χ2n) is 20.3. The smallest absolute Gasteiger partial charge is 0.408 e. The van der Waals surface area contributed by atoms with Gasteiger partial charge in [0, 0.05) is 31.1 Å². The van der Waals surface area contributed by atoms with Crippen LogP contribution in [0.15, 0.2) is 71.8 Å². The molecule has 2 aromatic carbocycles. The van der Waals surface area contributed by atoms with Crippen molar-refractivity contribution < 1.29 is 67.8 Å². The Morgan fingerprint density at radius 1 is 0.909 bits per heavy atom. The minimum Gasteiger partial charge on any atom is -0.458 e. The predicted octanol–water partition coefficient (Wildman–Crippen LogP) is 6.79. The number of ketones is 1. The summed E-state index contributed by atoms with van der Waals surface area (Å²) in [6.07, 6.45) is -6.26. The van der Waals surface area contributed by atoms with E-state index >= 15 is 4.79 Å². The number of amides is 1. The summed E-state index contributed by atoms with van der Waals surface area (Å²) in [4.78, 5) is 84.6. The van der Waals surface area contributed by atoms with Crippen molar-refractivity contribution in [2.75, 3.05) is 0 Å². The van der Waals surface area contributed by atoms with Crippen molar-refractivity contribution in [2.45, 2.75) is 173 Å². The summed E-state index contributed by atoms with van der Waals surface area (Å²) < 4.78 is 30.5. The van der Waals surface area contributed by atoms with Crippen LogP contribution in [0.3, 0.4) is 0 Å². The third kappa shape index (κ3) is 9.40. The number of aliphatic hydroxyl groups excluding tert-OH is 2. The number of fused-ring (bicyclic) bond motifs is 5. The van der Waals surface area contributed by atoms with E-state index in [1.54, 1.807) is 90.1 Å². The highest BCUT2D eigenvalue weighted by atomic mass is 16.6. The van der Waals surface area contributed by atoms with E-state index < -0.39 is 118 Å². The van der Waals surface area contributed by atoms with E-state index in [4.69, 9.17) is 23.7 Å². The van der Waals surface area contributed by atoms with Gasteiger partial charge in [0.15, 0.2) is 5.78 Å². The first-order valence-corrected chi connectivity index (χ1v) is 23.2. The minimum atomic E-state index is -2.34. The zero-order chi connectivity index (χ0) is 48.6. The fourth-order valence-corrected chi connectivity index (χ4v) is 11.1. The first-order valence-electron chi connectivity index (χ1n) is 23.2. The fraction of sp³-hybridized carbons (Fsp3) is 0.608. The van der Waals surface area contributed by atoms with Crippen LogP contribution in [0.5, 0.6) is 0 Å². The zero-order valence-electron chi connectivity index (χ0n) is 39.6. The Bertz CT molecular complexity index is 2180. The van der Waals surface area contributed by atoms with E-state index in [-0.39, 0.29) is 36.0 Å². The monoisotopic (exact) mass is 917 g/mol. The Balaban J connectivity index is 1.51. The average Bonchev–Trinajstić information content (AvgIpc) is 3.24. The van der Waals surface area contributed by atoms with E-state index in [0.717, 1.165) is 19.3 Å². The molecule has 3 fully saturated rings. The third-order valence-electron chi connectivity index (χ3n) is 14.6. The molecule has 0 spiro atoms. The lowest BCUT2D eigenvalue weighted by Gasteiger charge is -2.68. The maximum Gasteiger partial charge on any atom is 0.408 e. The lowest BCUT2D eigenvalue weighted by molar-refractivity contribution is -0.296. The molecule has 6 rings (SSSR count). The van der Waals surface area contributed by atoms with Gasteiger partial charge in [-0.15, -0.1) is 0 Å². The Labute approximate surface area is 386 Å². The molecule has 0 aliphatic heterocycles. The molecular formula is C51H67NO14. The first-order chi connectivity index (χ1) is 30.9. The second kappa shape index (κ2) is 19.2. The Kier molecular flexibility index (Phi) is 14.7. The number of carbonyl (C=O) groups excluding carboxylic acids is 6. The second-order valence-corrected chi connectivity index (χ2v) is 20.3. The van der Waals surface area contributed by atoms with Crippen LogP contribution >= 0.6 is 0 Å². The quantitative estimate of drug-likeness (QED) is 0.0664. The largest absolute Gasteiger partial charge is 0.458 e. The van der Waals surface area contributed by atoms with Gasteiger partial charge in [-0.2, -0.15) is 0 Å². The average molecular weight is 918 g/mol. The lowest BCUT2D eigenvalue weighted by atomic mass is 9.41. The van der Waals surface area contributed by atoms with Crippen LogP contribution in [0.4, 0.5) is 4.79 Å². The summed E-state index contributed by atoms with van der Waals surface area (Å²) in [5, 5.41) is 40.9. The van der Waals surface area contributed by atoms with Gasteiger partial charge in [0.1, 0.15) is 41.2 Å². The molecule has 0 heterocycles. The van der Waals surface area contributed by atoms with Crippen LogP contribution in [0, 0.1) is 22.7 Å². The highest BCUT2D eigenvalue weighted by Crippen LogP contribution is 2.67. The van der Waals surface area contributed by atoms with Gasteiger partial charge in [-0.1, -0.05) is 88.6 Å². The van der Waals surface area contributed by atoms with E-state index in [2.05, 4.69) is 5.32 Å². The number of aliphatic hydroxyl groups is 3. The van der Waals surface area contributed by atoms with Gasteiger partial charge in [-0.3, -0.25) is 14.4 Å². The number of ether oxygens (including phenoxy) is 5. The van der Waals surface area contributed by atoms with Gasteiger partial charge in [-0.25, -0.2) is 14.4 Å². The van der Waals surface area contributed by atoms with Crippen molar-refractivity contribution in [3.63, 3.8) is 0 Å². The van der Waals surface area contributed by atoms with Crippen molar-refractivity contribution >= 4 is 35.8 Å². The number of esters is 4. The van der Waals surface area contributed by atoms with Crippen LogP contribution in [-0.2, 0) is 42.9 Å². The molecule has 0 aromatic heterocycles.